The van der Waals surface area contributed by atoms with Crippen LogP contribution in [0.2, 0.25) is 0 Å². The number of anilines is 1. The minimum absolute atomic E-state index is 0.114. The fourth-order valence-corrected chi connectivity index (χ4v) is 6.92. The first-order valence-corrected chi connectivity index (χ1v) is 14.1. The Morgan fingerprint density at radius 2 is 1.95 bits per heavy atom. The molecular formula is C28H35BrF3N3O2. The molecule has 3 aliphatic carbocycles. The number of nitrogens with zero attached hydrogens (tertiary/aromatic N) is 3. The van der Waals surface area contributed by atoms with Crippen molar-refractivity contribution in [2.24, 2.45) is 23.7 Å². The van der Waals surface area contributed by atoms with Crippen LogP contribution in [0.1, 0.15) is 83.9 Å². The lowest BCUT2D eigenvalue weighted by Crippen LogP contribution is -2.49. The van der Waals surface area contributed by atoms with Gasteiger partial charge in [-0.05, 0) is 68.6 Å². The molecule has 3 saturated carbocycles. The van der Waals surface area contributed by atoms with Crippen molar-refractivity contribution < 1.29 is 22.5 Å². The fourth-order valence-electron chi connectivity index (χ4n) is 6.53. The topological polar surface area (TPSA) is 59.2 Å². The first kappa shape index (κ1) is 26.7. The first-order chi connectivity index (χ1) is 17.4. The molecule has 1 heterocycles. The van der Waals surface area contributed by atoms with Crippen LogP contribution in [0.4, 0.5) is 18.9 Å². The Hall–Kier alpha value is -1.90. The van der Waals surface area contributed by atoms with Gasteiger partial charge < -0.3 is 9.42 Å². The number of alkyl halides is 3. The molecule has 2 aromatic rings. The van der Waals surface area contributed by atoms with Crippen molar-refractivity contribution in [3.05, 3.63) is 40.5 Å². The van der Waals surface area contributed by atoms with E-state index in [-0.39, 0.29) is 35.5 Å². The van der Waals surface area contributed by atoms with Gasteiger partial charge in [0.25, 0.3) is 0 Å². The number of carbonyl (C=O) groups excluding carboxylic acids is 1. The van der Waals surface area contributed by atoms with E-state index in [1.54, 1.807) is 4.90 Å². The van der Waals surface area contributed by atoms with E-state index in [4.69, 9.17) is 9.51 Å². The number of halogens is 4. The third-order valence-corrected chi connectivity index (χ3v) is 9.34. The van der Waals surface area contributed by atoms with E-state index in [2.05, 4.69) is 41.9 Å². The molecule has 3 atom stereocenters. The van der Waals surface area contributed by atoms with E-state index in [9.17, 15) is 18.0 Å². The van der Waals surface area contributed by atoms with Crippen LogP contribution in [0.15, 0.2) is 33.3 Å². The van der Waals surface area contributed by atoms with Crippen LogP contribution in [-0.4, -0.2) is 28.8 Å². The molecule has 3 fully saturated rings. The van der Waals surface area contributed by atoms with Crippen LogP contribution in [0.5, 0.6) is 0 Å². The lowest BCUT2D eigenvalue weighted by atomic mass is 9.58. The summed E-state index contributed by atoms with van der Waals surface area (Å²) in [4.78, 5) is 20.1. The number of fused-ring (bicyclic) bond motifs is 2. The molecule has 0 N–H and O–H groups in total. The monoisotopic (exact) mass is 581 g/mol. The summed E-state index contributed by atoms with van der Waals surface area (Å²) in [7, 11) is 0. The average Bonchev–Trinajstić information content (AvgIpc) is 3.29. The van der Waals surface area contributed by atoms with Gasteiger partial charge in [-0.2, -0.15) is 18.2 Å². The molecule has 3 unspecified atom stereocenters. The van der Waals surface area contributed by atoms with Gasteiger partial charge >= 0.3 is 6.18 Å². The van der Waals surface area contributed by atoms with Crippen LogP contribution >= 0.6 is 15.9 Å². The summed E-state index contributed by atoms with van der Waals surface area (Å²) in [5.74, 6) is 0.0242. The highest BCUT2D eigenvalue weighted by atomic mass is 79.9. The second-order valence-corrected chi connectivity index (χ2v) is 13.4. The van der Waals surface area contributed by atoms with Gasteiger partial charge in [0.1, 0.15) is 0 Å². The highest BCUT2D eigenvalue weighted by Crippen LogP contribution is 2.53. The Bertz CT molecular complexity index is 1140. The van der Waals surface area contributed by atoms with Crippen LogP contribution in [0, 0.1) is 23.7 Å². The van der Waals surface area contributed by atoms with Gasteiger partial charge in [0, 0.05) is 33.5 Å². The molecule has 5 rings (SSSR count). The van der Waals surface area contributed by atoms with Gasteiger partial charge in [-0.1, -0.05) is 60.8 Å². The van der Waals surface area contributed by atoms with Gasteiger partial charge in [-0.15, -0.1) is 0 Å². The Kier molecular flexibility index (Phi) is 6.99. The Morgan fingerprint density at radius 1 is 1.19 bits per heavy atom. The molecule has 3 aliphatic rings. The third-order valence-electron chi connectivity index (χ3n) is 8.85. The van der Waals surface area contributed by atoms with Crippen molar-refractivity contribution >= 4 is 27.5 Å². The summed E-state index contributed by atoms with van der Waals surface area (Å²) in [5, 5.41) is 4.28. The van der Waals surface area contributed by atoms with E-state index in [0.717, 1.165) is 60.4 Å². The molecule has 37 heavy (non-hydrogen) atoms. The minimum atomic E-state index is -4.23. The summed E-state index contributed by atoms with van der Waals surface area (Å²) < 4.78 is 46.0. The number of rotatable bonds is 5. The normalized spacial score (nSPS) is 30.0. The van der Waals surface area contributed by atoms with Gasteiger partial charge in [-0.25, -0.2) is 0 Å². The smallest absolute Gasteiger partial charge is 0.339 e. The number of carbonyl (C=O) groups is 1. The lowest BCUT2D eigenvalue weighted by molar-refractivity contribution is -0.204. The van der Waals surface area contributed by atoms with Crippen molar-refractivity contribution in [1.29, 1.82) is 0 Å². The highest BCUT2D eigenvalue weighted by Gasteiger charge is 2.52. The summed E-state index contributed by atoms with van der Waals surface area (Å²) in [5.41, 5.74) is 0.449. The van der Waals surface area contributed by atoms with Gasteiger partial charge in [-0.3, -0.25) is 4.79 Å². The van der Waals surface area contributed by atoms with Crippen LogP contribution in [-0.2, 0) is 15.6 Å². The van der Waals surface area contributed by atoms with Crippen molar-refractivity contribution in [3.8, 4) is 0 Å². The molecule has 0 saturated heterocycles. The molecule has 1 amide bonds. The third kappa shape index (κ3) is 5.34. The molecule has 9 heteroatoms. The van der Waals surface area contributed by atoms with E-state index < -0.39 is 18.0 Å². The molecule has 0 radical (unpaired) electrons. The summed E-state index contributed by atoms with van der Waals surface area (Å²) in [6.45, 7) is 6.76. The first-order valence-electron chi connectivity index (χ1n) is 13.3. The van der Waals surface area contributed by atoms with E-state index in [0.29, 0.717) is 12.5 Å². The average molecular weight is 583 g/mol. The quantitative estimate of drug-likeness (QED) is 0.365. The maximum Gasteiger partial charge on any atom is 0.391 e. The van der Waals surface area contributed by atoms with E-state index in [1.807, 2.05) is 24.3 Å². The largest absolute Gasteiger partial charge is 0.391 e. The van der Waals surface area contributed by atoms with E-state index >= 15 is 0 Å². The fraction of sp³-hybridized carbons (Fsp3) is 0.679. The summed E-state index contributed by atoms with van der Waals surface area (Å²) >= 11 is 3.49. The van der Waals surface area contributed by atoms with Gasteiger partial charge in [0.15, 0.2) is 5.82 Å². The van der Waals surface area contributed by atoms with Crippen LogP contribution in [0.3, 0.4) is 0 Å². The van der Waals surface area contributed by atoms with Crippen molar-refractivity contribution in [2.75, 3.05) is 11.4 Å². The summed E-state index contributed by atoms with van der Waals surface area (Å²) in [6, 6.07) is 7.52. The zero-order valence-corrected chi connectivity index (χ0v) is 23.2. The number of hydrogen-bond acceptors (Lipinski definition) is 4. The SMILES string of the molecule is CC(C)(C)c1noc(C23CCCC(C2)C(CN(C(=O)C2CC(C(F)(F)F)C2)c2cccc(Br)c2)CC3)n1. The Labute approximate surface area is 224 Å². The molecule has 2 bridgehead atoms. The molecule has 5 nitrogen and oxygen atoms in total. The van der Waals surface area contributed by atoms with Gasteiger partial charge in [0.2, 0.25) is 11.8 Å². The van der Waals surface area contributed by atoms with Crippen LogP contribution < -0.4 is 4.90 Å². The molecule has 1 aromatic carbocycles. The zero-order chi connectivity index (χ0) is 26.6. The predicted molar refractivity (Wildman–Crippen MR) is 138 cm³/mol. The number of benzene rings is 1. The Balaban J connectivity index is 1.34. The molecule has 202 valence electrons. The minimum Gasteiger partial charge on any atom is -0.339 e. The molecule has 1 aromatic heterocycles. The summed E-state index contributed by atoms with van der Waals surface area (Å²) in [6.07, 6.45) is 1.50. The van der Waals surface area contributed by atoms with E-state index in [1.165, 1.54) is 0 Å². The predicted octanol–water partition coefficient (Wildman–Crippen LogP) is 7.59. The van der Waals surface area contributed by atoms with Crippen molar-refractivity contribution in [1.82, 2.24) is 10.1 Å². The van der Waals surface area contributed by atoms with Gasteiger partial charge in [0.05, 0.1) is 5.92 Å². The maximum atomic E-state index is 13.5. The molecular weight excluding hydrogens is 547 g/mol. The Morgan fingerprint density at radius 3 is 2.59 bits per heavy atom. The second kappa shape index (κ2) is 9.69. The standard InChI is InChI=1S/C28H35BrF3N3O2/c1-26(2,3)24-33-25(37-34-24)27-10-5-6-17(15-27)18(9-11-27)16-35(22-8-4-7-21(29)14-22)23(36)19-12-20(13-19)28(30,31)32/h4,7-8,14,17-20H,5-6,9-13,15-16H2,1-3H3. The van der Waals surface area contributed by atoms with Crippen molar-refractivity contribution in [3.63, 3.8) is 0 Å². The second-order valence-electron chi connectivity index (χ2n) is 12.4. The maximum absolute atomic E-state index is 13.5. The van der Waals surface area contributed by atoms with Crippen molar-refractivity contribution in [2.45, 2.75) is 89.1 Å². The molecule has 0 spiro atoms. The number of amides is 1. The highest BCUT2D eigenvalue weighted by molar-refractivity contribution is 9.10. The van der Waals surface area contributed by atoms with Crippen LogP contribution in [0.25, 0.3) is 0 Å². The number of hydrogen-bond donors (Lipinski definition) is 0. The number of aromatic nitrogens is 2. The lowest BCUT2D eigenvalue weighted by Gasteiger charge is -2.48. The zero-order valence-electron chi connectivity index (χ0n) is 21.7. The molecule has 0 aliphatic heterocycles.